The maximum atomic E-state index is 11.7. The number of hydrogen-bond acceptors (Lipinski definition) is 4. The predicted molar refractivity (Wildman–Crippen MR) is 70.0 cm³/mol. The van der Waals surface area contributed by atoms with E-state index in [1.54, 1.807) is 14.2 Å². The van der Waals surface area contributed by atoms with Crippen molar-refractivity contribution in [1.29, 1.82) is 0 Å². The third-order valence-electron chi connectivity index (χ3n) is 2.42. The van der Waals surface area contributed by atoms with Crippen molar-refractivity contribution in [3.8, 4) is 0 Å². The zero-order chi connectivity index (χ0) is 14.2. The number of rotatable bonds is 8. The Balaban J connectivity index is 3.89. The highest BCUT2D eigenvalue weighted by molar-refractivity contribution is 5.84. The molecule has 0 aromatic heterocycles. The molecule has 0 rings (SSSR count). The summed E-state index contributed by atoms with van der Waals surface area (Å²) in [5.41, 5.74) is 5.44. The molecule has 106 valence electrons. The highest BCUT2D eigenvalue weighted by Gasteiger charge is 2.17. The first-order valence-corrected chi connectivity index (χ1v) is 6.05. The van der Waals surface area contributed by atoms with Crippen molar-refractivity contribution in [2.75, 3.05) is 33.9 Å². The van der Waals surface area contributed by atoms with E-state index in [9.17, 15) is 9.59 Å². The Hall–Kier alpha value is -1.14. The molecule has 2 amide bonds. The van der Waals surface area contributed by atoms with Gasteiger partial charge in [-0.1, -0.05) is 0 Å². The van der Waals surface area contributed by atoms with Crippen molar-refractivity contribution in [3.05, 3.63) is 0 Å². The Morgan fingerprint density at radius 2 is 2.00 bits per heavy atom. The number of methoxy groups -OCH3 is 1. The number of hydrogen-bond donors (Lipinski definition) is 2. The van der Waals surface area contributed by atoms with Crippen molar-refractivity contribution in [1.82, 2.24) is 10.2 Å². The van der Waals surface area contributed by atoms with E-state index >= 15 is 0 Å². The minimum Gasteiger partial charge on any atom is -0.383 e. The molecule has 0 unspecified atom stereocenters. The number of nitrogens with two attached hydrogens (primary N) is 1. The van der Waals surface area contributed by atoms with Crippen molar-refractivity contribution in [3.63, 3.8) is 0 Å². The molecule has 6 heteroatoms. The summed E-state index contributed by atoms with van der Waals surface area (Å²) in [4.78, 5) is 24.6. The molecule has 18 heavy (non-hydrogen) atoms. The molecule has 0 aromatic rings. The minimum atomic E-state index is -0.364. The van der Waals surface area contributed by atoms with E-state index in [-0.39, 0.29) is 23.9 Å². The second-order valence-corrected chi connectivity index (χ2v) is 5.08. The average Bonchev–Trinajstić information content (AvgIpc) is 2.25. The summed E-state index contributed by atoms with van der Waals surface area (Å²) in [6.07, 6.45) is 0.951. The van der Waals surface area contributed by atoms with E-state index in [4.69, 9.17) is 10.5 Å². The van der Waals surface area contributed by atoms with Crippen LogP contribution in [-0.2, 0) is 14.3 Å². The smallest absolute Gasteiger partial charge is 0.239 e. The fourth-order valence-corrected chi connectivity index (χ4v) is 1.27. The van der Waals surface area contributed by atoms with Crippen LogP contribution in [-0.4, -0.2) is 56.1 Å². The summed E-state index contributed by atoms with van der Waals surface area (Å²) in [5.74, 6) is -0.259. The molecule has 0 atom stereocenters. The average molecular weight is 259 g/mol. The van der Waals surface area contributed by atoms with Gasteiger partial charge >= 0.3 is 0 Å². The SMILES string of the molecule is COCCNC(=O)CN(C)C(=O)CCC(C)(C)N. The quantitative estimate of drug-likeness (QED) is 0.587. The number of carbonyl (C=O) groups excluding carboxylic acids is 2. The van der Waals surface area contributed by atoms with Gasteiger partial charge in [0.05, 0.1) is 13.2 Å². The van der Waals surface area contributed by atoms with Gasteiger partial charge in [0.15, 0.2) is 0 Å². The number of nitrogens with one attached hydrogen (secondary N) is 1. The molecule has 3 N–H and O–H groups in total. The third-order valence-corrected chi connectivity index (χ3v) is 2.42. The monoisotopic (exact) mass is 259 g/mol. The molecule has 0 saturated heterocycles. The second kappa shape index (κ2) is 8.05. The Bertz CT molecular complexity index is 274. The summed E-state index contributed by atoms with van der Waals surface area (Å²) in [6, 6.07) is 0. The van der Waals surface area contributed by atoms with Crippen molar-refractivity contribution in [2.24, 2.45) is 5.73 Å². The predicted octanol–water partition coefficient (Wildman–Crippen LogP) is -0.275. The van der Waals surface area contributed by atoms with E-state index in [1.165, 1.54) is 4.90 Å². The van der Waals surface area contributed by atoms with Crippen LogP contribution in [0.4, 0.5) is 0 Å². The summed E-state index contributed by atoms with van der Waals surface area (Å²) >= 11 is 0. The molecule has 0 aliphatic heterocycles. The van der Waals surface area contributed by atoms with Crippen LogP contribution in [0.2, 0.25) is 0 Å². The zero-order valence-corrected chi connectivity index (χ0v) is 11.8. The van der Waals surface area contributed by atoms with Crippen LogP contribution in [0.5, 0.6) is 0 Å². The molecule has 0 fully saturated rings. The summed E-state index contributed by atoms with van der Waals surface area (Å²) in [5, 5.41) is 2.66. The minimum absolute atomic E-state index is 0.0630. The topological polar surface area (TPSA) is 84.7 Å². The zero-order valence-electron chi connectivity index (χ0n) is 11.8. The maximum absolute atomic E-state index is 11.7. The number of likely N-dealkylation sites (N-methyl/N-ethyl adjacent to an activating group) is 1. The molecule has 0 radical (unpaired) electrons. The molecule has 0 saturated carbocycles. The van der Waals surface area contributed by atoms with Crippen LogP contribution in [0, 0.1) is 0 Å². The molecule has 6 nitrogen and oxygen atoms in total. The van der Waals surface area contributed by atoms with Crippen molar-refractivity contribution in [2.45, 2.75) is 32.2 Å². The van der Waals surface area contributed by atoms with Crippen LogP contribution in [0.15, 0.2) is 0 Å². The van der Waals surface area contributed by atoms with Gasteiger partial charge < -0.3 is 20.7 Å². The second-order valence-electron chi connectivity index (χ2n) is 5.08. The van der Waals surface area contributed by atoms with Gasteiger partial charge in [0.2, 0.25) is 11.8 Å². The molecule has 0 heterocycles. The molecule has 0 aliphatic rings. The highest BCUT2D eigenvalue weighted by Crippen LogP contribution is 2.08. The largest absolute Gasteiger partial charge is 0.383 e. The van der Waals surface area contributed by atoms with E-state index in [2.05, 4.69) is 5.32 Å². The Morgan fingerprint density at radius 1 is 1.39 bits per heavy atom. The maximum Gasteiger partial charge on any atom is 0.239 e. The summed E-state index contributed by atoms with van der Waals surface area (Å²) < 4.78 is 4.81. The fraction of sp³-hybridized carbons (Fsp3) is 0.833. The summed E-state index contributed by atoms with van der Waals surface area (Å²) in [6.45, 7) is 4.72. The highest BCUT2D eigenvalue weighted by atomic mass is 16.5. The lowest BCUT2D eigenvalue weighted by molar-refractivity contribution is -0.135. The van der Waals surface area contributed by atoms with Gasteiger partial charge in [-0.3, -0.25) is 9.59 Å². The van der Waals surface area contributed by atoms with Crippen LogP contribution < -0.4 is 11.1 Å². The van der Waals surface area contributed by atoms with Gasteiger partial charge in [0.1, 0.15) is 0 Å². The lowest BCUT2D eigenvalue weighted by Crippen LogP contribution is -2.40. The fourth-order valence-electron chi connectivity index (χ4n) is 1.27. The van der Waals surface area contributed by atoms with Crippen molar-refractivity contribution >= 4 is 11.8 Å². The van der Waals surface area contributed by atoms with E-state index in [1.807, 2.05) is 13.8 Å². The molecular weight excluding hydrogens is 234 g/mol. The van der Waals surface area contributed by atoms with E-state index in [0.29, 0.717) is 26.0 Å². The van der Waals surface area contributed by atoms with E-state index in [0.717, 1.165) is 0 Å². The normalized spacial score (nSPS) is 11.2. The molecule has 0 spiro atoms. The Kier molecular flexibility index (Phi) is 7.54. The molecule has 0 aliphatic carbocycles. The lowest BCUT2D eigenvalue weighted by atomic mass is 10.00. The number of amides is 2. The van der Waals surface area contributed by atoms with Gasteiger partial charge in [-0.2, -0.15) is 0 Å². The molecule has 0 bridgehead atoms. The van der Waals surface area contributed by atoms with Gasteiger partial charge in [-0.25, -0.2) is 0 Å². The van der Waals surface area contributed by atoms with Crippen LogP contribution in [0.3, 0.4) is 0 Å². The summed E-state index contributed by atoms with van der Waals surface area (Å²) in [7, 11) is 3.18. The van der Waals surface area contributed by atoms with Gasteiger partial charge in [-0.05, 0) is 20.3 Å². The van der Waals surface area contributed by atoms with Crippen LogP contribution >= 0.6 is 0 Å². The molecule has 0 aromatic carbocycles. The lowest BCUT2D eigenvalue weighted by Gasteiger charge is -2.21. The third kappa shape index (κ3) is 8.95. The van der Waals surface area contributed by atoms with Crippen molar-refractivity contribution < 1.29 is 14.3 Å². The molecular formula is C12H25N3O3. The number of carbonyl (C=O) groups is 2. The first-order valence-electron chi connectivity index (χ1n) is 6.05. The van der Waals surface area contributed by atoms with Crippen LogP contribution in [0.1, 0.15) is 26.7 Å². The van der Waals surface area contributed by atoms with E-state index < -0.39 is 0 Å². The Labute approximate surface area is 109 Å². The van der Waals surface area contributed by atoms with Crippen LogP contribution in [0.25, 0.3) is 0 Å². The van der Waals surface area contributed by atoms with Gasteiger partial charge in [-0.15, -0.1) is 0 Å². The standard InChI is InChI=1S/C12H25N3O3/c1-12(2,13)6-5-11(17)15(3)9-10(16)14-7-8-18-4/h5-9,13H2,1-4H3,(H,14,16). The Morgan fingerprint density at radius 3 is 2.50 bits per heavy atom. The number of nitrogens with zero attached hydrogens (tertiary/aromatic N) is 1. The van der Waals surface area contributed by atoms with Gasteiger partial charge in [0.25, 0.3) is 0 Å². The van der Waals surface area contributed by atoms with Gasteiger partial charge in [0, 0.05) is 32.7 Å². The number of ether oxygens (including phenoxy) is 1. The first-order chi connectivity index (χ1) is 8.26. The first kappa shape index (κ1) is 16.9.